The first-order chi connectivity index (χ1) is 11.9. The zero-order valence-corrected chi connectivity index (χ0v) is 14.2. The van der Waals surface area contributed by atoms with Crippen molar-refractivity contribution in [1.29, 1.82) is 0 Å². The van der Waals surface area contributed by atoms with Crippen molar-refractivity contribution < 1.29 is 23.5 Å². The number of nitrogens with one attached hydrogen (secondary N) is 2. The van der Waals surface area contributed by atoms with E-state index in [1.165, 1.54) is 39.3 Å². The molecule has 0 atom stereocenters. The lowest BCUT2D eigenvalue weighted by Crippen LogP contribution is -2.15. The molecule has 2 rings (SSSR count). The first-order valence-electron chi connectivity index (χ1n) is 7.51. The number of hydrogen-bond acceptors (Lipinski definition) is 4. The van der Waals surface area contributed by atoms with E-state index < -0.39 is 11.7 Å². The van der Waals surface area contributed by atoms with E-state index >= 15 is 0 Å². The smallest absolute Gasteiger partial charge is 0.228 e. The Morgan fingerprint density at radius 1 is 1.04 bits per heavy atom. The fourth-order valence-corrected chi connectivity index (χ4v) is 2.29. The maximum Gasteiger partial charge on any atom is 0.228 e. The predicted octanol–water partition coefficient (Wildman–Crippen LogP) is 2.98. The molecule has 0 heterocycles. The molecule has 7 heteroatoms. The molecule has 6 nitrogen and oxygen atoms in total. The van der Waals surface area contributed by atoms with E-state index in [0.29, 0.717) is 22.7 Å². The quantitative estimate of drug-likeness (QED) is 0.843. The Morgan fingerprint density at radius 2 is 1.80 bits per heavy atom. The molecule has 2 amide bonds. The van der Waals surface area contributed by atoms with Gasteiger partial charge in [0.1, 0.15) is 17.3 Å². The third kappa shape index (κ3) is 4.94. The largest absolute Gasteiger partial charge is 0.497 e. The Kier molecular flexibility index (Phi) is 5.94. The molecule has 0 saturated heterocycles. The number of anilines is 2. The van der Waals surface area contributed by atoms with Gasteiger partial charge < -0.3 is 20.1 Å². The number of rotatable bonds is 6. The molecule has 0 bridgehead atoms. The topological polar surface area (TPSA) is 76.7 Å². The van der Waals surface area contributed by atoms with Crippen LogP contribution in [0.15, 0.2) is 36.4 Å². The number of amides is 2. The van der Waals surface area contributed by atoms with Crippen molar-refractivity contribution in [2.45, 2.75) is 13.3 Å². The van der Waals surface area contributed by atoms with Crippen LogP contribution < -0.4 is 20.1 Å². The fraction of sp³-hybridized carbons (Fsp3) is 0.222. The highest BCUT2D eigenvalue weighted by molar-refractivity contribution is 5.94. The highest BCUT2D eigenvalue weighted by Gasteiger charge is 2.12. The average Bonchev–Trinajstić information content (AvgIpc) is 2.57. The van der Waals surface area contributed by atoms with Gasteiger partial charge in [-0.25, -0.2) is 4.39 Å². The van der Waals surface area contributed by atoms with Crippen LogP contribution in [0, 0.1) is 5.82 Å². The zero-order chi connectivity index (χ0) is 18.4. The van der Waals surface area contributed by atoms with Crippen LogP contribution >= 0.6 is 0 Å². The summed E-state index contributed by atoms with van der Waals surface area (Å²) >= 11 is 0. The molecule has 0 aromatic heterocycles. The van der Waals surface area contributed by atoms with Gasteiger partial charge in [0.25, 0.3) is 0 Å². The van der Waals surface area contributed by atoms with Gasteiger partial charge in [0.05, 0.1) is 26.3 Å². The maximum atomic E-state index is 13.6. The van der Waals surface area contributed by atoms with Crippen molar-refractivity contribution in [3.8, 4) is 11.5 Å². The molecule has 2 aromatic rings. The SMILES string of the molecule is COc1ccc(OC)c(CC(=O)Nc2ccc(F)c(NC(C)=O)c2)c1. The fourth-order valence-electron chi connectivity index (χ4n) is 2.29. The van der Waals surface area contributed by atoms with Gasteiger partial charge in [0.15, 0.2) is 0 Å². The highest BCUT2D eigenvalue weighted by Crippen LogP contribution is 2.25. The Bertz CT molecular complexity index is 793. The molecule has 25 heavy (non-hydrogen) atoms. The van der Waals surface area contributed by atoms with E-state index in [1.54, 1.807) is 18.2 Å². The summed E-state index contributed by atoms with van der Waals surface area (Å²) in [7, 11) is 3.05. The molecule has 0 saturated carbocycles. The van der Waals surface area contributed by atoms with Crippen molar-refractivity contribution in [2.24, 2.45) is 0 Å². The number of hydrogen-bond donors (Lipinski definition) is 2. The van der Waals surface area contributed by atoms with Gasteiger partial charge in [-0.05, 0) is 36.4 Å². The molecule has 0 aliphatic carbocycles. The lowest BCUT2D eigenvalue weighted by molar-refractivity contribution is -0.116. The summed E-state index contributed by atoms with van der Waals surface area (Å²) in [6.07, 6.45) is 0.0488. The van der Waals surface area contributed by atoms with Crippen LogP contribution in [-0.2, 0) is 16.0 Å². The van der Waals surface area contributed by atoms with Gasteiger partial charge in [0, 0.05) is 18.2 Å². The first kappa shape index (κ1) is 18.3. The molecule has 132 valence electrons. The molecule has 0 aliphatic rings. The number of methoxy groups -OCH3 is 2. The summed E-state index contributed by atoms with van der Waals surface area (Å²) in [6, 6.07) is 9.12. The average molecular weight is 346 g/mol. The number of benzene rings is 2. The molecular weight excluding hydrogens is 327 g/mol. The van der Waals surface area contributed by atoms with Crippen LogP contribution in [-0.4, -0.2) is 26.0 Å². The monoisotopic (exact) mass is 346 g/mol. The molecular formula is C18H19FN2O4. The minimum atomic E-state index is -0.581. The van der Waals surface area contributed by atoms with Gasteiger partial charge >= 0.3 is 0 Å². The molecule has 0 aliphatic heterocycles. The standard InChI is InChI=1S/C18H19FN2O4/c1-11(22)20-16-10-13(4-6-15(16)19)21-18(23)9-12-8-14(24-2)5-7-17(12)25-3/h4-8,10H,9H2,1-3H3,(H,20,22)(H,21,23). The van der Waals surface area contributed by atoms with Gasteiger partial charge in [-0.1, -0.05) is 0 Å². The van der Waals surface area contributed by atoms with E-state index in [2.05, 4.69) is 10.6 Å². The molecule has 0 spiro atoms. The summed E-state index contributed by atoms with van der Waals surface area (Å²) in [5.41, 5.74) is 1.03. The van der Waals surface area contributed by atoms with Crippen molar-refractivity contribution in [3.63, 3.8) is 0 Å². The van der Waals surface area contributed by atoms with Gasteiger partial charge in [-0.15, -0.1) is 0 Å². The van der Waals surface area contributed by atoms with Gasteiger partial charge in [-0.2, -0.15) is 0 Å². The van der Waals surface area contributed by atoms with Gasteiger partial charge in [-0.3, -0.25) is 9.59 Å². The van der Waals surface area contributed by atoms with Crippen LogP contribution in [0.2, 0.25) is 0 Å². The molecule has 0 radical (unpaired) electrons. The summed E-state index contributed by atoms with van der Waals surface area (Å²) in [5, 5.41) is 5.03. The van der Waals surface area contributed by atoms with Crippen LogP contribution in [0.25, 0.3) is 0 Å². The van der Waals surface area contributed by atoms with E-state index in [9.17, 15) is 14.0 Å². The second-order valence-electron chi connectivity index (χ2n) is 5.28. The van der Waals surface area contributed by atoms with Crippen molar-refractivity contribution in [2.75, 3.05) is 24.9 Å². The predicted molar refractivity (Wildman–Crippen MR) is 92.6 cm³/mol. The van der Waals surface area contributed by atoms with Crippen LogP contribution in [0.5, 0.6) is 11.5 Å². The lowest BCUT2D eigenvalue weighted by Gasteiger charge is -2.12. The van der Waals surface area contributed by atoms with E-state index in [0.717, 1.165) is 0 Å². The number of halogens is 1. The van der Waals surface area contributed by atoms with Crippen molar-refractivity contribution in [1.82, 2.24) is 0 Å². The maximum absolute atomic E-state index is 13.6. The van der Waals surface area contributed by atoms with Crippen molar-refractivity contribution in [3.05, 3.63) is 47.8 Å². The number of ether oxygens (including phenoxy) is 2. The molecule has 0 unspecified atom stereocenters. The van der Waals surface area contributed by atoms with Gasteiger partial charge in [0.2, 0.25) is 11.8 Å². The Hall–Kier alpha value is -3.09. The summed E-state index contributed by atoms with van der Waals surface area (Å²) in [4.78, 5) is 23.4. The van der Waals surface area contributed by atoms with Crippen molar-refractivity contribution >= 4 is 23.2 Å². The van der Waals surface area contributed by atoms with E-state index in [-0.39, 0.29) is 18.0 Å². The summed E-state index contributed by atoms with van der Waals surface area (Å²) < 4.78 is 24.0. The molecule has 2 aromatic carbocycles. The molecule has 0 fully saturated rings. The van der Waals surface area contributed by atoms with Crippen LogP contribution in [0.1, 0.15) is 12.5 Å². The minimum Gasteiger partial charge on any atom is -0.497 e. The summed E-state index contributed by atoms with van der Waals surface area (Å²) in [5.74, 6) is -0.120. The second kappa shape index (κ2) is 8.14. The Labute approximate surface area is 144 Å². The lowest BCUT2D eigenvalue weighted by atomic mass is 10.1. The minimum absolute atomic E-state index is 0.00395. The van der Waals surface area contributed by atoms with Crippen LogP contribution in [0.3, 0.4) is 0 Å². The van der Waals surface area contributed by atoms with Crippen LogP contribution in [0.4, 0.5) is 15.8 Å². The Morgan fingerprint density at radius 3 is 2.44 bits per heavy atom. The van der Waals surface area contributed by atoms with E-state index in [1.807, 2.05) is 0 Å². The third-order valence-corrected chi connectivity index (χ3v) is 3.40. The third-order valence-electron chi connectivity index (χ3n) is 3.40. The van der Waals surface area contributed by atoms with E-state index in [4.69, 9.17) is 9.47 Å². The number of carbonyl (C=O) groups excluding carboxylic acids is 2. The molecule has 2 N–H and O–H groups in total. The Balaban J connectivity index is 2.14. The normalized spacial score (nSPS) is 10.1. The summed E-state index contributed by atoms with van der Waals surface area (Å²) in [6.45, 7) is 1.28. The highest BCUT2D eigenvalue weighted by atomic mass is 19.1. The zero-order valence-electron chi connectivity index (χ0n) is 14.2. The second-order valence-corrected chi connectivity index (χ2v) is 5.28. The number of carbonyl (C=O) groups is 2. The first-order valence-corrected chi connectivity index (χ1v) is 7.51.